The molecule has 1 N–H and O–H groups in total. The Morgan fingerprint density at radius 2 is 1.77 bits per heavy atom. The van der Waals surface area contributed by atoms with Gasteiger partial charge in [0.1, 0.15) is 6.04 Å². The lowest BCUT2D eigenvalue weighted by Crippen LogP contribution is -2.53. The first kappa shape index (κ1) is 20.4. The van der Waals surface area contributed by atoms with Crippen LogP contribution in [-0.2, 0) is 14.4 Å². The van der Waals surface area contributed by atoms with Crippen molar-refractivity contribution in [2.45, 2.75) is 13.0 Å². The number of nitrogens with zero attached hydrogens (tertiary/aromatic N) is 3. The Balaban J connectivity index is 1.42. The molecule has 0 spiro atoms. The van der Waals surface area contributed by atoms with Crippen LogP contribution in [0.5, 0.6) is 0 Å². The van der Waals surface area contributed by atoms with Crippen molar-refractivity contribution >= 4 is 45.0 Å². The monoisotopic (exact) mass is 470 g/mol. The van der Waals surface area contributed by atoms with Gasteiger partial charge in [0.2, 0.25) is 0 Å². The number of hydrogen-bond acceptors (Lipinski definition) is 4. The number of anilines is 2. The first-order valence-corrected chi connectivity index (χ1v) is 10.8. The highest BCUT2D eigenvalue weighted by atomic mass is 79.9. The number of nitrogens with one attached hydrogen (secondary N) is 1. The number of piperazine rings is 1. The molecule has 2 heterocycles. The summed E-state index contributed by atoms with van der Waals surface area (Å²) in [4.78, 5) is 43.6. The summed E-state index contributed by atoms with van der Waals surface area (Å²) in [5.41, 5.74) is 2.57. The van der Waals surface area contributed by atoms with Gasteiger partial charge in [-0.3, -0.25) is 14.4 Å². The molecule has 2 aliphatic rings. The Hall–Kier alpha value is -2.87. The lowest BCUT2D eigenvalue weighted by molar-refractivity contribution is -0.146. The van der Waals surface area contributed by atoms with Gasteiger partial charge in [0, 0.05) is 54.1 Å². The van der Waals surface area contributed by atoms with Gasteiger partial charge in [0.05, 0.1) is 0 Å². The standard InChI is InChI=1S/C22H23BrN4O3/c1-2-27-18-9-8-15(23)14-17(18)19(21(27)29)24-20(28)22(30)26-12-10-25(11-13-26)16-6-4-3-5-7-16/h3-9,14,19H,2,10-13H2,1H3,(H,24,28)/t19-/m1/s1. The SMILES string of the molecule is CCN1C(=O)[C@H](NC(=O)C(=O)N2CCN(c3ccccc3)CC2)c2cc(Br)ccc21. The Kier molecular flexibility index (Phi) is 5.76. The highest BCUT2D eigenvalue weighted by Crippen LogP contribution is 2.37. The highest BCUT2D eigenvalue weighted by Gasteiger charge is 2.39. The third kappa shape index (κ3) is 3.79. The van der Waals surface area contributed by atoms with Crippen molar-refractivity contribution in [2.24, 2.45) is 0 Å². The zero-order valence-electron chi connectivity index (χ0n) is 16.7. The van der Waals surface area contributed by atoms with Crippen LogP contribution >= 0.6 is 15.9 Å². The van der Waals surface area contributed by atoms with E-state index in [0.29, 0.717) is 38.3 Å². The molecule has 3 amide bonds. The molecule has 1 fully saturated rings. The van der Waals surface area contributed by atoms with Crippen LogP contribution in [-0.4, -0.2) is 55.3 Å². The van der Waals surface area contributed by atoms with Crippen LogP contribution in [0.4, 0.5) is 11.4 Å². The Morgan fingerprint density at radius 1 is 1.07 bits per heavy atom. The summed E-state index contributed by atoms with van der Waals surface area (Å²) >= 11 is 3.41. The number of para-hydroxylation sites is 1. The molecule has 156 valence electrons. The molecule has 1 saturated heterocycles. The summed E-state index contributed by atoms with van der Waals surface area (Å²) in [5, 5.41) is 2.66. The van der Waals surface area contributed by atoms with E-state index in [9.17, 15) is 14.4 Å². The second kappa shape index (κ2) is 8.47. The molecular formula is C22H23BrN4O3. The predicted molar refractivity (Wildman–Crippen MR) is 118 cm³/mol. The van der Waals surface area contributed by atoms with Gasteiger partial charge < -0.3 is 20.0 Å². The number of hydrogen-bond donors (Lipinski definition) is 1. The fraction of sp³-hybridized carbons (Fsp3) is 0.318. The molecule has 1 atom stereocenters. The van der Waals surface area contributed by atoms with Gasteiger partial charge in [-0.1, -0.05) is 34.1 Å². The van der Waals surface area contributed by atoms with Crippen molar-refractivity contribution in [3.8, 4) is 0 Å². The molecule has 7 nitrogen and oxygen atoms in total. The van der Waals surface area contributed by atoms with E-state index in [-0.39, 0.29) is 5.91 Å². The van der Waals surface area contributed by atoms with Crippen LogP contribution in [0.25, 0.3) is 0 Å². The van der Waals surface area contributed by atoms with E-state index in [0.717, 1.165) is 15.8 Å². The lowest BCUT2D eigenvalue weighted by atomic mass is 10.1. The molecule has 0 aromatic heterocycles. The summed E-state index contributed by atoms with van der Waals surface area (Å²) < 4.78 is 0.814. The van der Waals surface area contributed by atoms with Crippen molar-refractivity contribution in [1.82, 2.24) is 10.2 Å². The molecule has 8 heteroatoms. The predicted octanol–water partition coefficient (Wildman–Crippen LogP) is 2.32. The quantitative estimate of drug-likeness (QED) is 0.698. The van der Waals surface area contributed by atoms with Crippen molar-refractivity contribution < 1.29 is 14.4 Å². The molecule has 30 heavy (non-hydrogen) atoms. The van der Waals surface area contributed by atoms with E-state index in [1.807, 2.05) is 55.5 Å². The molecule has 0 aliphatic carbocycles. The number of halogens is 1. The van der Waals surface area contributed by atoms with E-state index in [1.54, 1.807) is 9.80 Å². The first-order valence-electron chi connectivity index (χ1n) is 10.00. The molecule has 2 aromatic rings. The molecule has 0 bridgehead atoms. The summed E-state index contributed by atoms with van der Waals surface area (Å²) in [6, 6.07) is 14.7. The number of likely N-dealkylation sites (N-methyl/N-ethyl adjacent to an activating group) is 1. The third-order valence-corrected chi connectivity index (χ3v) is 6.07. The maximum atomic E-state index is 12.8. The second-order valence-electron chi connectivity index (χ2n) is 7.31. The molecule has 0 unspecified atom stereocenters. The minimum absolute atomic E-state index is 0.222. The highest BCUT2D eigenvalue weighted by molar-refractivity contribution is 9.10. The van der Waals surface area contributed by atoms with Crippen molar-refractivity contribution in [1.29, 1.82) is 0 Å². The molecule has 2 aromatic carbocycles. The van der Waals surface area contributed by atoms with Crippen LogP contribution in [0.2, 0.25) is 0 Å². The third-order valence-electron chi connectivity index (χ3n) is 5.58. The molecule has 4 rings (SSSR count). The average Bonchev–Trinajstić information content (AvgIpc) is 3.04. The number of carbonyl (C=O) groups excluding carboxylic acids is 3. The number of benzene rings is 2. The van der Waals surface area contributed by atoms with Crippen LogP contribution in [0.3, 0.4) is 0 Å². The maximum Gasteiger partial charge on any atom is 0.312 e. The summed E-state index contributed by atoms with van der Waals surface area (Å²) in [7, 11) is 0. The lowest BCUT2D eigenvalue weighted by Gasteiger charge is -2.35. The summed E-state index contributed by atoms with van der Waals surface area (Å²) in [6.45, 7) is 4.61. The fourth-order valence-electron chi connectivity index (χ4n) is 4.02. The van der Waals surface area contributed by atoms with Gasteiger partial charge in [0.25, 0.3) is 5.91 Å². The van der Waals surface area contributed by atoms with Gasteiger partial charge in [-0.2, -0.15) is 0 Å². The van der Waals surface area contributed by atoms with Crippen LogP contribution in [0.1, 0.15) is 18.5 Å². The molecular weight excluding hydrogens is 448 g/mol. The number of rotatable bonds is 3. The van der Waals surface area contributed by atoms with Crippen molar-refractivity contribution in [3.63, 3.8) is 0 Å². The number of amides is 3. The molecule has 0 radical (unpaired) electrons. The second-order valence-corrected chi connectivity index (χ2v) is 8.22. The minimum atomic E-state index is -0.848. The van der Waals surface area contributed by atoms with Crippen molar-refractivity contribution in [2.75, 3.05) is 42.5 Å². The van der Waals surface area contributed by atoms with E-state index in [2.05, 4.69) is 26.1 Å². The zero-order valence-corrected chi connectivity index (χ0v) is 18.3. The normalized spacial score (nSPS) is 18.4. The topological polar surface area (TPSA) is 73.0 Å². The van der Waals surface area contributed by atoms with E-state index in [1.165, 1.54) is 0 Å². The first-order chi connectivity index (χ1) is 14.5. The smallest absolute Gasteiger partial charge is 0.312 e. The Morgan fingerprint density at radius 3 is 2.43 bits per heavy atom. The molecule has 2 aliphatic heterocycles. The molecule has 0 saturated carbocycles. The van der Waals surface area contributed by atoms with Crippen LogP contribution in [0, 0.1) is 0 Å². The van der Waals surface area contributed by atoms with Crippen LogP contribution < -0.4 is 15.1 Å². The minimum Gasteiger partial charge on any atom is -0.368 e. The summed E-state index contributed by atoms with van der Waals surface area (Å²) in [6.07, 6.45) is 0. The van der Waals surface area contributed by atoms with Gasteiger partial charge in [-0.25, -0.2) is 0 Å². The van der Waals surface area contributed by atoms with Gasteiger partial charge in [-0.15, -0.1) is 0 Å². The zero-order chi connectivity index (χ0) is 21.3. The van der Waals surface area contributed by atoms with Crippen molar-refractivity contribution in [3.05, 3.63) is 58.6 Å². The van der Waals surface area contributed by atoms with Gasteiger partial charge >= 0.3 is 11.8 Å². The van der Waals surface area contributed by atoms with E-state index >= 15 is 0 Å². The van der Waals surface area contributed by atoms with Gasteiger partial charge in [0.15, 0.2) is 0 Å². The number of carbonyl (C=O) groups is 3. The Labute approximate surface area is 183 Å². The van der Waals surface area contributed by atoms with E-state index in [4.69, 9.17) is 0 Å². The largest absolute Gasteiger partial charge is 0.368 e. The maximum absolute atomic E-state index is 12.8. The summed E-state index contributed by atoms with van der Waals surface area (Å²) in [5.74, 6) is -1.56. The number of fused-ring (bicyclic) bond motifs is 1. The van der Waals surface area contributed by atoms with E-state index < -0.39 is 17.9 Å². The fourth-order valence-corrected chi connectivity index (χ4v) is 4.40. The van der Waals surface area contributed by atoms with Crippen LogP contribution in [0.15, 0.2) is 53.0 Å². The average molecular weight is 471 g/mol. The Bertz CT molecular complexity index is 974. The van der Waals surface area contributed by atoms with Gasteiger partial charge in [-0.05, 0) is 37.3 Å².